The number of hydrogen-bond acceptors (Lipinski definition) is 5. The van der Waals surface area contributed by atoms with Crippen LogP contribution in [0.3, 0.4) is 0 Å². The van der Waals surface area contributed by atoms with E-state index in [0.717, 1.165) is 0 Å². The molecule has 1 amide bonds. The van der Waals surface area contributed by atoms with E-state index in [1.165, 1.54) is 18.1 Å². The molecule has 6 nitrogen and oxygen atoms in total. The van der Waals surface area contributed by atoms with Crippen LogP contribution in [0, 0.1) is 11.3 Å². The number of carbonyl (C=O) groups is 2. The summed E-state index contributed by atoms with van der Waals surface area (Å²) in [6, 6.07) is 15.9. The molecule has 0 bridgehead atoms. The summed E-state index contributed by atoms with van der Waals surface area (Å²) in [6.07, 6.45) is 2.92. The van der Waals surface area contributed by atoms with Gasteiger partial charge in [0.25, 0.3) is 5.91 Å². The molecule has 0 saturated carbocycles. The maximum absolute atomic E-state index is 12.5. The molecule has 2 rings (SSSR count). The first-order chi connectivity index (χ1) is 13.5. The molecule has 0 atom stereocenters. The SMILES string of the molecule is COc1ccccc1/C=C/C(=O)OCC(=O)N(CCC#N)c1cccc(Cl)c1. The van der Waals surface area contributed by atoms with Gasteiger partial charge in [-0.25, -0.2) is 4.79 Å². The van der Waals surface area contributed by atoms with E-state index < -0.39 is 18.5 Å². The van der Waals surface area contributed by atoms with Crippen molar-refractivity contribution in [2.24, 2.45) is 0 Å². The third-order valence-corrected chi connectivity index (χ3v) is 3.98. The van der Waals surface area contributed by atoms with Crippen LogP contribution in [0.2, 0.25) is 5.02 Å². The summed E-state index contributed by atoms with van der Waals surface area (Å²) in [5.74, 6) is -0.492. The van der Waals surface area contributed by atoms with Crippen molar-refractivity contribution in [1.29, 1.82) is 5.26 Å². The summed E-state index contributed by atoms with van der Waals surface area (Å²) in [6.45, 7) is -0.280. The summed E-state index contributed by atoms with van der Waals surface area (Å²) >= 11 is 5.97. The van der Waals surface area contributed by atoms with Gasteiger partial charge in [-0.05, 0) is 30.3 Å². The van der Waals surface area contributed by atoms with Crippen molar-refractivity contribution >= 4 is 35.2 Å². The molecule has 0 spiro atoms. The number of nitrogens with zero attached hydrogens (tertiary/aromatic N) is 2. The number of halogens is 1. The molecule has 0 saturated heterocycles. The summed E-state index contributed by atoms with van der Waals surface area (Å²) in [7, 11) is 1.54. The van der Waals surface area contributed by atoms with Gasteiger partial charge in [-0.1, -0.05) is 35.9 Å². The second-order valence-corrected chi connectivity index (χ2v) is 6.05. The van der Waals surface area contributed by atoms with E-state index in [1.807, 2.05) is 18.2 Å². The smallest absolute Gasteiger partial charge is 0.331 e. The van der Waals surface area contributed by atoms with Gasteiger partial charge in [0.2, 0.25) is 0 Å². The van der Waals surface area contributed by atoms with Gasteiger partial charge in [-0.2, -0.15) is 5.26 Å². The molecule has 0 radical (unpaired) electrons. The molecule has 2 aromatic carbocycles. The average molecular weight is 399 g/mol. The third-order valence-electron chi connectivity index (χ3n) is 3.74. The van der Waals surface area contributed by atoms with Crippen molar-refractivity contribution in [3.63, 3.8) is 0 Å². The molecule has 0 aromatic heterocycles. The number of para-hydroxylation sites is 1. The Morgan fingerprint density at radius 1 is 1.21 bits per heavy atom. The van der Waals surface area contributed by atoms with Crippen LogP contribution in [0.1, 0.15) is 12.0 Å². The normalized spacial score (nSPS) is 10.3. The minimum Gasteiger partial charge on any atom is -0.496 e. The summed E-state index contributed by atoms with van der Waals surface area (Å²) in [4.78, 5) is 25.8. The van der Waals surface area contributed by atoms with Crippen LogP contribution in [-0.2, 0) is 14.3 Å². The fourth-order valence-corrected chi connectivity index (χ4v) is 2.61. The van der Waals surface area contributed by atoms with E-state index in [9.17, 15) is 9.59 Å². The molecule has 0 aliphatic rings. The molecule has 2 aromatic rings. The average Bonchev–Trinajstić information content (AvgIpc) is 2.71. The van der Waals surface area contributed by atoms with Crippen molar-refractivity contribution in [2.75, 3.05) is 25.2 Å². The lowest BCUT2D eigenvalue weighted by molar-refractivity contribution is -0.142. The fraction of sp³-hybridized carbons (Fsp3) is 0.190. The topological polar surface area (TPSA) is 79.6 Å². The molecular formula is C21H19ClN2O4. The molecule has 0 unspecified atom stereocenters. The first-order valence-corrected chi connectivity index (χ1v) is 8.83. The predicted octanol–water partition coefficient (Wildman–Crippen LogP) is 3.85. The number of carbonyl (C=O) groups excluding carboxylic acids is 2. The van der Waals surface area contributed by atoms with Crippen molar-refractivity contribution in [3.05, 3.63) is 65.2 Å². The molecule has 144 valence electrons. The molecule has 0 heterocycles. The number of benzene rings is 2. The van der Waals surface area contributed by atoms with Crippen LogP contribution in [-0.4, -0.2) is 32.1 Å². The maximum Gasteiger partial charge on any atom is 0.331 e. The lowest BCUT2D eigenvalue weighted by Gasteiger charge is -2.21. The Kier molecular flexibility index (Phi) is 8.07. The van der Waals surface area contributed by atoms with Gasteiger partial charge < -0.3 is 14.4 Å². The van der Waals surface area contributed by atoms with Gasteiger partial charge in [0, 0.05) is 28.9 Å². The van der Waals surface area contributed by atoms with E-state index >= 15 is 0 Å². The minimum absolute atomic E-state index is 0.139. The number of amides is 1. The summed E-state index contributed by atoms with van der Waals surface area (Å²) < 4.78 is 10.2. The quantitative estimate of drug-likeness (QED) is 0.498. The van der Waals surface area contributed by atoms with Crippen LogP contribution in [0.25, 0.3) is 6.08 Å². The fourth-order valence-electron chi connectivity index (χ4n) is 2.42. The Balaban J connectivity index is 2.00. The van der Waals surface area contributed by atoms with Crippen molar-refractivity contribution in [2.45, 2.75) is 6.42 Å². The highest BCUT2D eigenvalue weighted by molar-refractivity contribution is 6.30. The first kappa shape index (κ1) is 21.0. The number of hydrogen-bond donors (Lipinski definition) is 0. The van der Waals surface area contributed by atoms with Gasteiger partial charge in [0.1, 0.15) is 5.75 Å². The summed E-state index contributed by atoms with van der Waals surface area (Å²) in [5.41, 5.74) is 1.25. The number of esters is 1. The second kappa shape index (κ2) is 10.8. The second-order valence-electron chi connectivity index (χ2n) is 5.62. The number of anilines is 1. The van der Waals surface area contributed by atoms with E-state index in [0.29, 0.717) is 22.0 Å². The van der Waals surface area contributed by atoms with E-state index in [-0.39, 0.29) is 13.0 Å². The van der Waals surface area contributed by atoms with Crippen molar-refractivity contribution in [3.8, 4) is 11.8 Å². The number of ether oxygens (including phenoxy) is 2. The van der Waals surface area contributed by atoms with Crippen LogP contribution in [0.5, 0.6) is 5.75 Å². The van der Waals surface area contributed by atoms with Crippen LogP contribution >= 0.6 is 11.6 Å². The minimum atomic E-state index is -0.661. The molecular weight excluding hydrogens is 380 g/mol. The molecule has 0 aliphatic carbocycles. The van der Waals surface area contributed by atoms with Gasteiger partial charge in [-0.15, -0.1) is 0 Å². The molecule has 28 heavy (non-hydrogen) atoms. The van der Waals surface area contributed by atoms with E-state index in [2.05, 4.69) is 0 Å². The van der Waals surface area contributed by atoms with E-state index in [4.69, 9.17) is 26.3 Å². The third kappa shape index (κ3) is 6.15. The van der Waals surface area contributed by atoms with Crippen molar-refractivity contribution < 1.29 is 19.1 Å². The largest absolute Gasteiger partial charge is 0.496 e. The standard InChI is InChI=1S/C21H19ClN2O4/c1-27-19-9-3-2-6-16(19)10-11-21(26)28-15-20(25)24(13-5-12-23)18-8-4-7-17(22)14-18/h2-4,6-11,14H,5,13,15H2,1H3/b11-10+. The van der Waals surface area contributed by atoms with Crippen LogP contribution in [0.4, 0.5) is 5.69 Å². The van der Waals surface area contributed by atoms with Gasteiger partial charge in [0.15, 0.2) is 6.61 Å². The van der Waals surface area contributed by atoms with Crippen LogP contribution in [0.15, 0.2) is 54.6 Å². The number of methoxy groups -OCH3 is 1. The number of nitriles is 1. The van der Waals surface area contributed by atoms with Crippen molar-refractivity contribution in [1.82, 2.24) is 0 Å². The highest BCUT2D eigenvalue weighted by Gasteiger charge is 2.17. The molecule has 0 aliphatic heterocycles. The highest BCUT2D eigenvalue weighted by atomic mass is 35.5. The Labute approximate surface area is 168 Å². The zero-order valence-corrected chi connectivity index (χ0v) is 16.1. The first-order valence-electron chi connectivity index (χ1n) is 8.46. The molecule has 0 N–H and O–H groups in total. The highest BCUT2D eigenvalue weighted by Crippen LogP contribution is 2.20. The zero-order chi connectivity index (χ0) is 20.4. The lowest BCUT2D eigenvalue weighted by atomic mass is 10.2. The predicted molar refractivity (Wildman–Crippen MR) is 107 cm³/mol. The zero-order valence-electron chi connectivity index (χ0n) is 15.3. The maximum atomic E-state index is 12.5. The van der Waals surface area contributed by atoms with E-state index in [1.54, 1.807) is 42.5 Å². The van der Waals surface area contributed by atoms with Crippen LogP contribution < -0.4 is 9.64 Å². The number of rotatable bonds is 8. The Hall–Kier alpha value is -3.30. The molecule has 0 fully saturated rings. The van der Waals surface area contributed by atoms with Gasteiger partial charge in [0.05, 0.1) is 19.6 Å². The monoisotopic (exact) mass is 398 g/mol. The van der Waals surface area contributed by atoms with Gasteiger partial charge in [-0.3, -0.25) is 4.79 Å². The summed E-state index contributed by atoms with van der Waals surface area (Å²) in [5, 5.41) is 9.28. The Morgan fingerprint density at radius 2 is 2.00 bits per heavy atom. The van der Waals surface area contributed by atoms with Gasteiger partial charge >= 0.3 is 5.97 Å². The Morgan fingerprint density at radius 3 is 2.71 bits per heavy atom. The lowest BCUT2D eigenvalue weighted by Crippen LogP contribution is -2.35. The Bertz CT molecular complexity index is 905. The molecule has 7 heteroatoms.